The summed E-state index contributed by atoms with van der Waals surface area (Å²) in [6, 6.07) is 2.72. The monoisotopic (exact) mass is 273 g/mol. The van der Waals surface area contributed by atoms with Gasteiger partial charge < -0.3 is 10.4 Å². The van der Waals surface area contributed by atoms with E-state index in [0.29, 0.717) is 0 Å². The molecule has 5 nitrogen and oxygen atoms in total. The molecule has 0 aliphatic carbocycles. The normalized spacial score (nSPS) is 25.0. The second-order valence-corrected chi connectivity index (χ2v) is 6.39. The minimum absolute atomic E-state index is 0.0479. The molecule has 0 aromatic heterocycles. The van der Waals surface area contributed by atoms with Gasteiger partial charge in [0.15, 0.2) is 9.84 Å². The van der Waals surface area contributed by atoms with Gasteiger partial charge >= 0.3 is 5.97 Å². The quantitative estimate of drug-likeness (QED) is 0.792. The smallest absolute Gasteiger partial charge is 0.304 e. The van der Waals surface area contributed by atoms with Gasteiger partial charge in [-0.25, -0.2) is 12.8 Å². The first-order chi connectivity index (χ1) is 8.32. The van der Waals surface area contributed by atoms with Crippen molar-refractivity contribution in [3.8, 4) is 0 Å². The van der Waals surface area contributed by atoms with Crippen molar-refractivity contribution >= 4 is 21.5 Å². The van der Waals surface area contributed by atoms with Gasteiger partial charge in [-0.2, -0.15) is 0 Å². The van der Waals surface area contributed by atoms with Crippen LogP contribution < -0.4 is 5.32 Å². The third-order valence-corrected chi connectivity index (χ3v) is 5.30. The molecule has 1 aliphatic heterocycles. The van der Waals surface area contributed by atoms with Crippen molar-refractivity contribution in [2.75, 3.05) is 5.32 Å². The van der Waals surface area contributed by atoms with Crippen molar-refractivity contribution in [2.24, 2.45) is 0 Å². The summed E-state index contributed by atoms with van der Waals surface area (Å²) in [7, 11) is -3.75. The standard InChI is InChI=1S/C11H12FNO4S/c1-6-10(5-11(14)15)18(16,17)9-3-2-7(12)4-8(9)13-6/h2-4,6,10,13H,5H2,1H3,(H,14,15). The van der Waals surface area contributed by atoms with Crippen molar-refractivity contribution in [1.82, 2.24) is 0 Å². The van der Waals surface area contributed by atoms with Gasteiger partial charge in [0, 0.05) is 6.04 Å². The third-order valence-electron chi connectivity index (χ3n) is 2.96. The van der Waals surface area contributed by atoms with E-state index < -0.39 is 39.3 Å². The number of carboxylic acids is 1. The van der Waals surface area contributed by atoms with Gasteiger partial charge in [-0.3, -0.25) is 4.79 Å². The van der Waals surface area contributed by atoms with Crippen LogP contribution >= 0.6 is 0 Å². The lowest BCUT2D eigenvalue weighted by molar-refractivity contribution is -0.137. The highest BCUT2D eigenvalue weighted by Crippen LogP contribution is 2.34. The number of fused-ring (bicyclic) bond motifs is 1. The molecule has 0 radical (unpaired) electrons. The van der Waals surface area contributed by atoms with Gasteiger partial charge in [-0.15, -0.1) is 0 Å². The van der Waals surface area contributed by atoms with Gasteiger partial charge in [-0.05, 0) is 25.1 Å². The maximum Gasteiger partial charge on any atom is 0.304 e. The van der Waals surface area contributed by atoms with Crippen LogP contribution in [0.5, 0.6) is 0 Å². The zero-order valence-corrected chi connectivity index (χ0v) is 10.4. The fourth-order valence-corrected chi connectivity index (χ4v) is 4.07. The lowest BCUT2D eigenvalue weighted by atomic mass is 10.1. The summed E-state index contributed by atoms with van der Waals surface area (Å²) in [6.07, 6.45) is -0.479. The summed E-state index contributed by atoms with van der Waals surface area (Å²) in [5.41, 5.74) is 0.184. The van der Waals surface area contributed by atoms with Crippen LogP contribution in [0.1, 0.15) is 13.3 Å². The van der Waals surface area contributed by atoms with Crippen molar-refractivity contribution in [3.63, 3.8) is 0 Å². The van der Waals surface area contributed by atoms with E-state index in [9.17, 15) is 17.6 Å². The Bertz CT molecular complexity index is 599. The van der Waals surface area contributed by atoms with Gasteiger partial charge in [0.2, 0.25) is 0 Å². The number of rotatable bonds is 2. The van der Waals surface area contributed by atoms with Crippen LogP contribution in [-0.4, -0.2) is 30.8 Å². The van der Waals surface area contributed by atoms with Crippen LogP contribution in [0.4, 0.5) is 10.1 Å². The van der Waals surface area contributed by atoms with Crippen LogP contribution in [0, 0.1) is 5.82 Å². The topological polar surface area (TPSA) is 83.5 Å². The van der Waals surface area contributed by atoms with Crippen LogP contribution in [0.2, 0.25) is 0 Å². The summed E-state index contributed by atoms with van der Waals surface area (Å²) < 4.78 is 37.5. The lowest BCUT2D eigenvalue weighted by Crippen LogP contribution is -2.43. The molecule has 0 bridgehead atoms. The number of halogens is 1. The molecule has 2 unspecified atom stereocenters. The van der Waals surface area contributed by atoms with Crippen molar-refractivity contribution in [3.05, 3.63) is 24.0 Å². The maximum atomic E-state index is 13.1. The summed E-state index contributed by atoms with van der Waals surface area (Å²) in [6.45, 7) is 1.57. The minimum Gasteiger partial charge on any atom is -0.481 e. The van der Waals surface area contributed by atoms with E-state index in [2.05, 4.69) is 5.32 Å². The number of aliphatic carboxylic acids is 1. The molecule has 0 saturated carbocycles. The number of benzene rings is 1. The van der Waals surface area contributed by atoms with Gasteiger partial charge in [0.05, 0.1) is 22.3 Å². The average Bonchev–Trinajstić information content (AvgIpc) is 2.23. The third kappa shape index (κ3) is 2.05. The molecule has 2 atom stereocenters. The Morgan fingerprint density at radius 3 is 2.78 bits per heavy atom. The highest BCUT2D eigenvalue weighted by molar-refractivity contribution is 7.92. The van der Waals surface area contributed by atoms with Crippen molar-refractivity contribution in [1.29, 1.82) is 0 Å². The summed E-state index contributed by atoms with van der Waals surface area (Å²) in [5, 5.41) is 10.5. The van der Waals surface area contributed by atoms with Crippen molar-refractivity contribution in [2.45, 2.75) is 29.5 Å². The zero-order chi connectivity index (χ0) is 13.5. The number of nitrogens with one attached hydrogen (secondary N) is 1. The molecular formula is C11H12FNO4S. The van der Waals surface area contributed by atoms with E-state index in [4.69, 9.17) is 5.11 Å². The Morgan fingerprint density at radius 1 is 1.50 bits per heavy atom. The average molecular weight is 273 g/mol. The van der Waals surface area contributed by atoms with E-state index in [1.165, 1.54) is 0 Å². The molecule has 1 aliphatic rings. The molecule has 0 saturated heterocycles. The summed E-state index contributed by atoms with van der Waals surface area (Å²) in [4.78, 5) is 10.7. The summed E-state index contributed by atoms with van der Waals surface area (Å²) >= 11 is 0. The van der Waals surface area contributed by atoms with Crippen LogP contribution in [0.3, 0.4) is 0 Å². The first-order valence-corrected chi connectivity index (χ1v) is 6.89. The SMILES string of the molecule is CC1Nc2cc(F)ccc2S(=O)(=O)C1CC(=O)O. The van der Waals surface area contributed by atoms with Crippen LogP contribution in [0.15, 0.2) is 23.1 Å². The number of hydrogen-bond acceptors (Lipinski definition) is 4. The Labute approximate surface area is 104 Å². The van der Waals surface area contributed by atoms with E-state index in [0.717, 1.165) is 18.2 Å². The van der Waals surface area contributed by atoms with E-state index in [-0.39, 0.29) is 10.6 Å². The van der Waals surface area contributed by atoms with Crippen molar-refractivity contribution < 1.29 is 22.7 Å². The first-order valence-electron chi connectivity index (χ1n) is 5.34. The van der Waals surface area contributed by atoms with Crippen LogP contribution in [0.25, 0.3) is 0 Å². The number of hydrogen-bond donors (Lipinski definition) is 2. The fourth-order valence-electron chi connectivity index (χ4n) is 2.09. The first kappa shape index (κ1) is 12.8. The largest absolute Gasteiger partial charge is 0.481 e. The van der Waals surface area contributed by atoms with Gasteiger partial charge in [0.25, 0.3) is 0 Å². The van der Waals surface area contributed by atoms with Crippen LogP contribution in [-0.2, 0) is 14.6 Å². The number of sulfone groups is 1. The highest BCUT2D eigenvalue weighted by Gasteiger charge is 2.39. The Balaban J connectivity index is 2.53. The zero-order valence-electron chi connectivity index (χ0n) is 9.55. The molecule has 1 aromatic carbocycles. The second-order valence-electron chi connectivity index (χ2n) is 4.25. The second kappa shape index (κ2) is 4.24. The molecular weight excluding hydrogens is 261 g/mol. The van der Waals surface area contributed by atoms with Gasteiger partial charge in [-0.1, -0.05) is 0 Å². The molecule has 0 amide bonds. The minimum atomic E-state index is -3.75. The number of carboxylic acid groups (broad SMARTS) is 1. The Morgan fingerprint density at radius 2 is 2.17 bits per heavy atom. The molecule has 1 heterocycles. The molecule has 0 fully saturated rings. The Kier molecular flexibility index (Phi) is 3.02. The highest BCUT2D eigenvalue weighted by atomic mass is 32.2. The predicted molar refractivity (Wildman–Crippen MR) is 62.7 cm³/mol. The van der Waals surface area contributed by atoms with E-state index in [1.807, 2.05) is 0 Å². The Hall–Kier alpha value is -1.63. The number of carbonyl (C=O) groups is 1. The molecule has 7 heteroatoms. The predicted octanol–water partition coefficient (Wildman–Crippen LogP) is 1.26. The molecule has 2 rings (SSSR count). The van der Waals surface area contributed by atoms with E-state index in [1.54, 1.807) is 6.92 Å². The lowest BCUT2D eigenvalue weighted by Gasteiger charge is -2.31. The fraction of sp³-hybridized carbons (Fsp3) is 0.364. The molecule has 0 spiro atoms. The van der Waals surface area contributed by atoms with Gasteiger partial charge in [0.1, 0.15) is 5.82 Å². The summed E-state index contributed by atoms with van der Waals surface area (Å²) in [5.74, 6) is -1.72. The molecule has 18 heavy (non-hydrogen) atoms. The van der Waals surface area contributed by atoms with E-state index >= 15 is 0 Å². The molecule has 1 aromatic rings. The maximum absolute atomic E-state index is 13.1. The number of anilines is 1. The molecule has 98 valence electrons. The molecule has 2 N–H and O–H groups in total.